The molecule has 0 spiro atoms. The lowest BCUT2D eigenvalue weighted by Gasteiger charge is -2.64. The molecule has 8 heteroatoms. The Morgan fingerprint density at radius 1 is 1.00 bits per heavy atom. The number of para-hydroxylation sites is 1. The summed E-state index contributed by atoms with van der Waals surface area (Å²) in [5, 5.41) is 49.7. The third-order valence-electron chi connectivity index (χ3n) is 15.3. The fraction of sp³-hybridized carbons (Fsp3) is 0.622. The number of aromatic nitrogens is 1. The van der Waals surface area contributed by atoms with Gasteiger partial charge in [0.1, 0.15) is 0 Å². The molecule has 1 aromatic heterocycles. The van der Waals surface area contributed by atoms with Gasteiger partial charge in [-0.3, -0.25) is 14.6 Å². The lowest BCUT2D eigenvalue weighted by Crippen LogP contribution is -2.63. The van der Waals surface area contributed by atoms with Crippen LogP contribution in [0.3, 0.4) is 0 Å². The number of Topliss-reactive ketones (excluding diaryl/α,β-unsaturated/α-hetero) is 1. The van der Waals surface area contributed by atoms with Gasteiger partial charge in [-0.15, -0.1) is 0 Å². The predicted octanol–water partition coefficient (Wildman–Crippen LogP) is 8.12. The van der Waals surface area contributed by atoms with Crippen LogP contribution in [0.2, 0.25) is 0 Å². The van der Waals surface area contributed by atoms with Gasteiger partial charge in [-0.2, -0.15) is 0 Å². The van der Waals surface area contributed by atoms with Gasteiger partial charge < -0.3 is 25.7 Å². The number of benzene rings is 2. The maximum Gasteiger partial charge on any atom is 0.303 e. The third-order valence-corrected chi connectivity index (χ3v) is 15.3. The van der Waals surface area contributed by atoms with E-state index in [1.54, 1.807) is 6.92 Å². The molecule has 0 saturated heterocycles. The van der Waals surface area contributed by atoms with Crippen LogP contribution in [-0.2, 0) is 17.8 Å². The van der Waals surface area contributed by atoms with Crippen molar-refractivity contribution in [2.45, 2.75) is 130 Å². The highest BCUT2D eigenvalue weighted by molar-refractivity contribution is 6.08. The number of aliphatic hydroxyl groups excluding tert-OH is 2. The number of rotatable bonds is 11. The second-order valence-electron chi connectivity index (χ2n) is 18.1. The van der Waals surface area contributed by atoms with Gasteiger partial charge in [-0.05, 0) is 142 Å². The van der Waals surface area contributed by atoms with Crippen LogP contribution in [0.15, 0.2) is 48.5 Å². The molecule has 4 aliphatic rings. The molecule has 5 unspecified atom stereocenters. The molecular formula is C45H60N2O6. The summed E-state index contributed by atoms with van der Waals surface area (Å²) in [5.41, 5.74) is 4.11. The molecule has 4 saturated carbocycles. The molecule has 8 nitrogen and oxygen atoms in total. The summed E-state index contributed by atoms with van der Waals surface area (Å²) in [5.74, 6) is 0.425. The summed E-state index contributed by atoms with van der Waals surface area (Å²) in [6, 6.07) is 16.4. The van der Waals surface area contributed by atoms with Crippen LogP contribution < -0.4 is 5.32 Å². The molecule has 286 valence electrons. The van der Waals surface area contributed by atoms with Gasteiger partial charge in [0.05, 0.1) is 40.3 Å². The number of carboxylic acids is 1. The number of hydrogen-bond acceptors (Lipinski definition) is 7. The molecular weight excluding hydrogens is 665 g/mol. The zero-order chi connectivity index (χ0) is 37.9. The van der Waals surface area contributed by atoms with Gasteiger partial charge in [0, 0.05) is 18.4 Å². The Balaban J connectivity index is 1.01. The van der Waals surface area contributed by atoms with E-state index < -0.39 is 23.8 Å². The number of aryl methyl sites for hydroxylation is 2. The van der Waals surface area contributed by atoms with E-state index in [4.69, 9.17) is 0 Å². The topological polar surface area (TPSA) is 140 Å². The smallest absolute Gasteiger partial charge is 0.303 e. The van der Waals surface area contributed by atoms with Crippen molar-refractivity contribution in [2.24, 2.45) is 46.3 Å². The van der Waals surface area contributed by atoms with Gasteiger partial charge >= 0.3 is 5.97 Å². The first-order chi connectivity index (χ1) is 25.1. The lowest BCUT2D eigenvalue weighted by atomic mass is 9.42. The monoisotopic (exact) mass is 724 g/mol. The van der Waals surface area contributed by atoms with Gasteiger partial charge in [0.25, 0.3) is 0 Å². The summed E-state index contributed by atoms with van der Waals surface area (Å²) in [6.07, 6.45) is 6.83. The van der Waals surface area contributed by atoms with Crippen LogP contribution in [0.4, 0.5) is 5.69 Å². The molecule has 4 fully saturated rings. The van der Waals surface area contributed by atoms with E-state index in [0.717, 1.165) is 60.0 Å². The average Bonchev–Trinajstić information content (AvgIpc) is 3.48. The summed E-state index contributed by atoms with van der Waals surface area (Å²) in [4.78, 5) is 28.7. The minimum Gasteiger partial charge on any atom is -0.481 e. The van der Waals surface area contributed by atoms with Crippen molar-refractivity contribution < 1.29 is 30.0 Å². The normalized spacial score (nSPS) is 35.6. The van der Waals surface area contributed by atoms with Crippen LogP contribution in [0, 0.1) is 53.3 Å². The quantitative estimate of drug-likeness (QED) is 0.125. The van der Waals surface area contributed by atoms with Crippen molar-refractivity contribution >= 4 is 28.3 Å². The number of carbonyl (C=O) groups excluding carboxylic acids is 1. The first-order valence-electron chi connectivity index (χ1n) is 20.2. The van der Waals surface area contributed by atoms with Crippen molar-refractivity contribution in [1.29, 1.82) is 0 Å². The number of carboxylic acid groups (broad SMARTS) is 1. The molecule has 3 aromatic rings. The van der Waals surface area contributed by atoms with E-state index in [9.17, 15) is 30.0 Å². The Morgan fingerprint density at radius 3 is 2.51 bits per heavy atom. The fourth-order valence-corrected chi connectivity index (χ4v) is 12.4. The van der Waals surface area contributed by atoms with Gasteiger partial charge in [-0.1, -0.05) is 63.2 Å². The first-order valence-corrected chi connectivity index (χ1v) is 20.2. The number of anilines is 1. The lowest BCUT2D eigenvalue weighted by molar-refractivity contribution is -0.216. The van der Waals surface area contributed by atoms with E-state index >= 15 is 0 Å². The summed E-state index contributed by atoms with van der Waals surface area (Å²) >= 11 is 0. The maximum absolute atomic E-state index is 12.7. The number of hydrogen-bond donors (Lipinski definition) is 5. The molecule has 11 atom stereocenters. The van der Waals surface area contributed by atoms with Gasteiger partial charge in [-0.25, -0.2) is 0 Å². The average molecular weight is 725 g/mol. The van der Waals surface area contributed by atoms with E-state index in [0.29, 0.717) is 44.2 Å². The maximum atomic E-state index is 12.7. The summed E-state index contributed by atoms with van der Waals surface area (Å²) in [6.45, 7) is 10.8. The van der Waals surface area contributed by atoms with Crippen molar-refractivity contribution in [2.75, 3.05) is 5.32 Å². The third kappa shape index (κ3) is 6.82. The minimum atomic E-state index is -0.811. The molecule has 0 radical (unpaired) electrons. The number of nitrogens with one attached hydrogen (secondary N) is 1. The predicted molar refractivity (Wildman–Crippen MR) is 208 cm³/mol. The number of carbonyl (C=O) groups is 2. The minimum absolute atomic E-state index is 0.0141. The molecule has 5 N–H and O–H groups in total. The number of aliphatic hydroxyl groups is 3. The molecule has 0 bridgehead atoms. The zero-order valence-corrected chi connectivity index (χ0v) is 32.3. The van der Waals surface area contributed by atoms with E-state index in [2.05, 4.69) is 55.3 Å². The highest BCUT2D eigenvalue weighted by Gasteiger charge is 2.66. The Labute approximate surface area is 314 Å². The number of aliphatic carboxylic acids is 1. The molecule has 53 heavy (non-hydrogen) atoms. The highest BCUT2D eigenvalue weighted by Crippen LogP contribution is 2.69. The number of nitrogens with zero attached hydrogens (tertiary/aromatic N) is 1. The van der Waals surface area contributed by atoms with Crippen LogP contribution in [0.25, 0.3) is 10.9 Å². The second-order valence-corrected chi connectivity index (χ2v) is 18.1. The number of fused-ring (bicyclic) bond motifs is 6. The molecule has 1 heterocycles. The Morgan fingerprint density at radius 2 is 1.75 bits per heavy atom. The molecule has 2 aromatic carbocycles. The van der Waals surface area contributed by atoms with Crippen LogP contribution in [0.1, 0.15) is 119 Å². The number of ketones is 1. The molecule has 0 amide bonds. The standard InChI is InChI=1S/C45H60N2O6/c1-26(13-16-39(51)52)33-14-15-34-41-35(23-38(50)44(33,34)5)43(4)19-20-45(53,24-31(43)22-37(41)49)18-17-29-9-8-10-30(21-29)25-46-42-32-11-6-7-12-36(32)47-27(2)40(42)28(3)48/h6-12,21,26,31,33-35,37-38,41,49-50,53H,13-20,22-25H2,1-5H3,(H,46,47)(H,51,52)/t26?,31?,33-,34?,35?,37-,38+,41?,43+,44-,45-/m1/s1. The molecule has 4 aliphatic carbocycles. The van der Waals surface area contributed by atoms with Crippen molar-refractivity contribution in [3.05, 3.63) is 70.9 Å². The zero-order valence-electron chi connectivity index (χ0n) is 32.3. The Kier molecular flexibility index (Phi) is 10.3. The van der Waals surface area contributed by atoms with Crippen molar-refractivity contribution in [1.82, 2.24) is 4.98 Å². The van der Waals surface area contributed by atoms with Crippen molar-refractivity contribution in [3.63, 3.8) is 0 Å². The Bertz CT molecular complexity index is 1860. The summed E-state index contributed by atoms with van der Waals surface area (Å²) < 4.78 is 0. The molecule has 7 rings (SSSR count). The highest BCUT2D eigenvalue weighted by atomic mass is 16.4. The Hall–Kier alpha value is -3.33. The van der Waals surface area contributed by atoms with Crippen LogP contribution >= 0.6 is 0 Å². The first kappa shape index (κ1) is 38.0. The van der Waals surface area contributed by atoms with Gasteiger partial charge in [0.2, 0.25) is 0 Å². The van der Waals surface area contributed by atoms with Gasteiger partial charge in [0.15, 0.2) is 5.78 Å². The largest absolute Gasteiger partial charge is 0.481 e. The molecule has 0 aliphatic heterocycles. The van der Waals surface area contributed by atoms with Crippen LogP contribution in [0.5, 0.6) is 0 Å². The SMILES string of the molecule is CC(=O)c1c(C)nc2ccccc2c1NCc1cccc(CC[C@@]2(O)CC[C@@]3(C)C(C[C@@H](O)C4C3C[C@H](O)[C@@]3(C)C4CC[C@@H]3C(C)CCC(=O)O)C2)c1. The van der Waals surface area contributed by atoms with E-state index in [1.165, 1.54) is 5.56 Å². The summed E-state index contributed by atoms with van der Waals surface area (Å²) in [7, 11) is 0. The second kappa shape index (κ2) is 14.4. The van der Waals surface area contributed by atoms with E-state index in [-0.39, 0.29) is 58.5 Å². The van der Waals surface area contributed by atoms with Crippen LogP contribution in [-0.4, -0.2) is 55.0 Å². The number of pyridine rings is 1. The van der Waals surface area contributed by atoms with Crippen molar-refractivity contribution in [3.8, 4) is 0 Å². The van der Waals surface area contributed by atoms with E-state index in [1.807, 2.05) is 31.2 Å². The fourth-order valence-electron chi connectivity index (χ4n) is 12.4.